The molecule has 3 rings (SSSR count). The van der Waals surface area contributed by atoms with Crippen molar-refractivity contribution < 1.29 is 4.39 Å². The zero-order chi connectivity index (χ0) is 17.8. The highest BCUT2D eigenvalue weighted by atomic mass is 35.5. The van der Waals surface area contributed by atoms with Gasteiger partial charge in [0.15, 0.2) is 0 Å². The molecule has 130 valence electrons. The first-order valence-corrected chi connectivity index (χ1v) is 9.16. The van der Waals surface area contributed by atoms with Crippen LogP contribution in [-0.2, 0) is 12.8 Å². The summed E-state index contributed by atoms with van der Waals surface area (Å²) in [6, 6.07) is 11.5. The molecule has 0 atom stereocenters. The van der Waals surface area contributed by atoms with Crippen LogP contribution < -0.4 is 0 Å². The van der Waals surface area contributed by atoms with E-state index in [0.717, 1.165) is 47.4 Å². The van der Waals surface area contributed by atoms with Gasteiger partial charge in [-0.2, -0.15) is 10.2 Å². The number of hydrogen-bond donors (Lipinski definition) is 0. The summed E-state index contributed by atoms with van der Waals surface area (Å²) in [7, 11) is 0. The Balaban J connectivity index is 1.80. The lowest BCUT2D eigenvalue weighted by Gasteiger charge is -2.10. The zero-order valence-corrected chi connectivity index (χ0v) is 15.4. The Kier molecular flexibility index (Phi) is 5.64. The Labute approximate surface area is 153 Å². The van der Waals surface area contributed by atoms with Crippen molar-refractivity contribution in [3.63, 3.8) is 0 Å². The van der Waals surface area contributed by atoms with Gasteiger partial charge < -0.3 is 0 Å². The fourth-order valence-electron chi connectivity index (χ4n) is 3.06. The van der Waals surface area contributed by atoms with Crippen molar-refractivity contribution in [3.8, 4) is 0 Å². The van der Waals surface area contributed by atoms with E-state index in [2.05, 4.69) is 23.2 Å². The monoisotopic (exact) mass is 356 g/mol. The fourth-order valence-corrected chi connectivity index (χ4v) is 3.31. The predicted molar refractivity (Wildman–Crippen MR) is 104 cm³/mol. The lowest BCUT2D eigenvalue weighted by Crippen LogP contribution is -2.04. The summed E-state index contributed by atoms with van der Waals surface area (Å²) >= 11 is 6.38. The van der Waals surface area contributed by atoms with Gasteiger partial charge in [0.1, 0.15) is 5.82 Å². The summed E-state index contributed by atoms with van der Waals surface area (Å²) in [5, 5.41) is 9.13. The maximum atomic E-state index is 14.2. The second kappa shape index (κ2) is 7.92. The SMILES string of the molecule is CCCc1cc(Cl)c(Cc2cccc(C3=NN=C(CC)C3)c2)cc1F. The van der Waals surface area contributed by atoms with Crippen molar-refractivity contribution in [2.24, 2.45) is 10.2 Å². The van der Waals surface area contributed by atoms with E-state index in [1.54, 1.807) is 12.1 Å². The molecule has 1 heterocycles. The van der Waals surface area contributed by atoms with Crippen LogP contribution in [0.15, 0.2) is 46.6 Å². The van der Waals surface area contributed by atoms with E-state index < -0.39 is 0 Å². The molecule has 25 heavy (non-hydrogen) atoms. The van der Waals surface area contributed by atoms with Gasteiger partial charge in [-0.15, -0.1) is 0 Å². The highest BCUT2D eigenvalue weighted by molar-refractivity contribution is 6.31. The first-order chi connectivity index (χ1) is 12.1. The molecule has 0 spiro atoms. The number of benzene rings is 2. The molecule has 1 aliphatic heterocycles. The second-order valence-electron chi connectivity index (χ2n) is 6.41. The van der Waals surface area contributed by atoms with E-state index in [1.807, 2.05) is 25.1 Å². The van der Waals surface area contributed by atoms with E-state index in [9.17, 15) is 4.39 Å². The topological polar surface area (TPSA) is 24.7 Å². The van der Waals surface area contributed by atoms with Crippen LogP contribution in [0.25, 0.3) is 0 Å². The van der Waals surface area contributed by atoms with Crippen molar-refractivity contribution in [2.75, 3.05) is 0 Å². The molecule has 2 aromatic carbocycles. The Hall–Kier alpha value is -2.00. The molecule has 0 saturated carbocycles. The van der Waals surface area contributed by atoms with Crippen molar-refractivity contribution >= 4 is 23.0 Å². The molecular formula is C21H22ClFN2. The molecule has 0 fully saturated rings. The van der Waals surface area contributed by atoms with Gasteiger partial charge in [0.05, 0.1) is 5.71 Å². The Morgan fingerprint density at radius 1 is 1.08 bits per heavy atom. The van der Waals surface area contributed by atoms with Crippen molar-refractivity contribution in [3.05, 3.63) is 69.5 Å². The minimum atomic E-state index is -0.168. The van der Waals surface area contributed by atoms with Crippen LogP contribution in [-0.4, -0.2) is 11.4 Å². The smallest absolute Gasteiger partial charge is 0.126 e. The van der Waals surface area contributed by atoms with E-state index in [-0.39, 0.29) is 5.82 Å². The van der Waals surface area contributed by atoms with Crippen LogP contribution in [0.1, 0.15) is 55.4 Å². The standard InChI is InChI=1S/C21H22ClFN2/c1-3-6-15-11-19(22)17(12-20(15)23)10-14-7-5-8-16(9-14)21-13-18(4-2)24-25-21/h5,7-9,11-12H,3-4,6,10,13H2,1-2H3. The second-order valence-corrected chi connectivity index (χ2v) is 6.81. The van der Waals surface area contributed by atoms with Gasteiger partial charge >= 0.3 is 0 Å². The molecule has 0 bridgehead atoms. The van der Waals surface area contributed by atoms with Crippen molar-refractivity contribution in [1.29, 1.82) is 0 Å². The molecule has 0 radical (unpaired) electrons. The molecule has 2 aromatic rings. The summed E-state index contributed by atoms with van der Waals surface area (Å²) in [6.45, 7) is 4.12. The van der Waals surface area contributed by atoms with Crippen LogP contribution in [0.4, 0.5) is 4.39 Å². The van der Waals surface area contributed by atoms with Crippen LogP contribution in [0.2, 0.25) is 5.02 Å². The Bertz CT molecular complexity index is 840. The minimum absolute atomic E-state index is 0.168. The number of nitrogens with zero attached hydrogens (tertiary/aromatic N) is 2. The van der Waals surface area contributed by atoms with Crippen LogP contribution in [0, 0.1) is 5.82 Å². The first kappa shape index (κ1) is 17.8. The van der Waals surface area contributed by atoms with Crippen molar-refractivity contribution in [1.82, 2.24) is 0 Å². The highest BCUT2D eigenvalue weighted by Crippen LogP contribution is 2.25. The van der Waals surface area contributed by atoms with Gasteiger partial charge in [0.2, 0.25) is 0 Å². The van der Waals surface area contributed by atoms with Gasteiger partial charge in [0, 0.05) is 17.2 Å². The van der Waals surface area contributed by atoms with Gasteiger partial charge in [-0.3, -0.25) is 0 Å². The van der Waals surface area contributed by atoms with Gasteiger partial charge in [-0.1, -0.05) is 50.1 Å². The molecule has 0 N–H and O–H groups in total. The third-order valence-electron chi connectivity index (χ3n) is 4.48. The van der Waals surface area contributed by atoms with Gasteiger partial charge in [-0.05, 0) is 59.7 Å². The third kappa shape index (κ3) is 4.16. The number of aryl methyl sites for hydroxylation is 1. The van der Waals surface area contributed by atoms with Gasteiger partial charge in [-0.25, -0.2) is 4.39 Å². The summed E-state index contributed by atoms with van der Waals surface area (Å²) in [5.41, 5.74) is 5.77. The lowest BCUT2D eigenvalue weighted by molar-refractivity contribution is 0.605. The van der Waals surface area contributed by atoms with E-state index >= 15 is 0 Å². The first-order valence-electron chi connectivity index (χ1n) is 8.79. The van der Waals surface area contributed by atoms with Crippen molar-refractivity contribution in [2.45, 2.75) is 46.0 Å². The molecule has 0 amide bonds. The number of hydrogen-bond acceptors (Lipinski definition) is 2. The molecule has 0 aromatic heterocycles. The van der Waals surface area contributed by atoms with E-state index in [4.69, 9.17) is 11.6 Å². The molecule has 0 saturated heterocycles. The van der Waals surface area contributed by atoms with Gasteiger partial charge in [0.25, 0.3) is 0 Å². The molecule has 0 aliphatic carbocycles. The quantitative estimate of drug-likeness (QED) is 0.608. The Morgan fingerprint density at radius 3 is 2.64 bits per heavy atom. The van der Waals surface area contributed by atoms with Crippen LogP contribution >= 0.6 is 11.6 Å². The zero-order valence-electron chi connectivity index (χ0n) is 14.6. The third-order valence-corrected chi connectivity index (χ3v) is 4.83. The molecule has 0 unspecified atom stereocenters. The molecule has 1 aliphatic rings. The average Bonchev–Trinajstić information content (AvgIpc) is 3.09. The molecular weight excluding hydrogens is 335 g/mol. The summed E-state index contributed by atoms with van der Waals surface area (Å²) in [5.74, 6) is -0.168. The largest absolute Gasteiger partial charge is 0.207 e. The highest BCUT2D eigenvalue weighted by Gasteiger charge is 2.14. The number of halogens is 2. The molecule has 4 heteroatoms. The van der Waals surface area contributed by atoms with Crippen LogP contribution in [0.5, 0.6) is 0 Å². The number of rotatable bonds is 6. The fraction of sp³-hybridized carbons (Fsp3) is 0.333. The predicted octanol–water partition coefficient (Wildman–Crippen LogP) is 5.98. The normalized spacial score (nSPS) is 13.8. The maximum Gasteiger partial charge on any atom is 0.126 e. The van der Waals surface area contributed by atoms with Crippen LogP contribution in [0.3, 0.4) is 0 Å². The summed E-state index contributed by atoms with van der Waals surface area (Å²) in [6.07, 6.45) is 3.94. The van der Waals surface area contributed by atoms with E-state index in [0.29, 0.717) is 23.4 Å². The molecule has 2 nitrogen and oxygen atoms in total. The van der Waals surface area contributed by atoms with E-state index in [1.165, 1.54) is 0 Å². The maximum absolute atomic E-state index is 14.2. The average molecular weight is 357 g/mol. The summed E-state index contributed by atoms with van der Waals surface area (Å²) < 4.78 is 14.2. The lowest BCUT2D eigenvalue weighted by atomic mass is 9.97. The minimum Gasteiger partial charge on any atom is -0.207 e. The Morgan fingerprint density at radius 2 is 1.92 bits per heavy atom. The summed E-state index contributed by atoms with van der Waals surface area (Å²) in [4.78, 5) is 0.